The van der Waals surface area contributed by atoms with Gasteiger partial charge in [0.2, 0.25) is 0 Å². The molecule has 0 spiro atoms. The van der Waals surface area contributed by atoms with Gasteiger partial charge in [0.05, 0.1) is 18.7 Å². The summed E-state index contributed by atoms with van der Waals surface area (Å²) in [5.74, 6) is -0.191. The van der Waals surface area contributed by atoms with E-state index < -0.39 is 12.0 Å². The quantitative estimate of drug-likeness (QED) is 0.158. The second-order valence-electron chi connectivity index (χ2n) is 10.8. The number of amides is 1. The Labute approximate surface area is 244 Å². The van der Waals surface area contributed by atoms with Gasteiger partial charge in [-0.1, -0.05) is 18.9 Å². The van der Waals surface area contributed by atoms with E-state index in [0.717, 1.165) is 37.7 Å². The molecule has 1 aromatic heterocycles. The SMILES string of the molecule is CC(C)(C)OC(=O)CCNC(=O)c1ccc(OCCCCCCc2ccc(-c3ccc(OC(F)(F)F)cc3)nc2)cc1. The highest BCUT2D eigenvalue weighted by atomic mass is 19.4. The number of esters is 1. The second kappa shape index (κ2) is 15.2. The third-order valence-corrected chi connectivity index (χ3v) is 5.99. The van der Waals surface area contributed by atoms with Gasteiger partial charge in [-0.05, 0) is 100 Å². The van der Waals surface area contributed by atoms with Gasteiger partial charge in [-0.25, -0.2) is 0 Å². The number of halogens is 3. The van der Waals surface area contributed by atoms with Crippen LogP contribution < -0.4 is 14.8 Å². The molecule has 0 aliphatic heterocycles. The maximum Gasteiger partial charge on any atom is 0.573 e. The van der Waals surface area contributed by atoms with Crippen LogP contribution in [0.15, 0.2) is 66.9 Å². The first-order valence-corrected chi connectivity index (χ1v) is 13.9. The summed E-state index contributed by atoms with van der Waals surface area (Å²) in [5, 5.41) is 2.72. The van der Waals surface area contributed by atoms with E-state index in [1.54, 1.807) is 63.4 Å². The fourth-order valence-corrected chi connectivity index (χ4v) is 4.02. The molecule has 226 valence electrons. The van der Waals surface area contributed by atoms with Crippen LogP contribution in [0.2, 0.25) is 0 Å². The van der Waals surface area contributed by atoms with Crippen LogP contribution in [0.3, 0.4) is 0 Å². The molecule has 0 saturated carbocycles. The maximum absolute atomic E-state index is 12.3. The van der Waals surface area contributed by atoms with E-state index in [2.05, 4.69) is 15.0 Å². The molecular formula is C32H37F3N2O5. The molecule has 0 aliphatic carbocycles. The Kier molecular flexibility index (Phi) is 11.8. The van der Waals surface area contributed by atoms with E-state index in [-0.39, 0.29) is 30.6 Å². The first-order valence-electron chi connectivity index (χ1n) is 13.9. The molecule has 2 aromatic carbocycles. The summed E-state index contributed by atoms with van der Waals surface area (Å²) in [5.41, 5.74) is 2.43. The van der Waals surface area contributed by atoms with Gasteiger partial charge >= 0.3 is 12.3 Å². The number of aromatic nitrogens is 1. The van der Waals surface area contributed by atoms with Crippen LogP contribution in [0, 0.1) is 0 Å². The number of aryl methyl sites for hydroxylation is 1. The molecule has 3 rings (SSSR count). The van der Waals surface area contributed by atoms with Gasteiger partial charge in [0.1, 0.15) is 17.1 Å². The van der Waals surface area contributed by atoms with Crippen molar-refractivity contribution in [1.82, 2.24) is 10.3 Å². The molecule has 7 nitrogen and oxygen atoms in total. The standard InChI is InChI=1S/C32H37F3N2O5/c1-31(2,3)42-29(38)19-20-36-30(39)25-12-14-26(15-13-25)40-21-7-5-4-6-8-23-9-18-28(37-22-23)24-10-16-27(17-11-24)41-32(33,34)35/h9-18,22H,4-8,19-21H2,1-3H3,(H,36,39). The Balaban J connectivity index is 1.28. The second-order valence-corrected chi connectivity index (χ2v) is 10.8. The largest absolute Gasteiger partial charge is 0.573 e. The number of hydrogen-bond donors (Lipinski definition) is 1. The molecule has 0 fully saturated rings. The van der Waals surface area contributed by atoms with Crippen molar-refractivity contribution in [2.24, 2.45) is 0 Å². The predicted molar refractivity (Wildman–Crippen MR) is 153 cm³/mol. The Morgan fingerprint density at radius 1 is 0.833 bits per heavy atom. The van der Waals surface area contributed by atoms with Crippen LogP contribution >= 0.6 is 0 Å². The van der Waals surface area contributed by atoms with Crippen LogP contribution in [-0.2, 0) is 16.0 Å². The van der Waals surface area contributed by atoms with E-state index in [1.165, 1.54) is 12.1 Å². The number of pyridine rings is 1. The van der Waals surface area contributed by atoms with Crippen molar-refractivity contribution in [1.29, 1.82) is 0 Å². The van der Waals surface area contributed by atoms with Crippen LogP contribution in [0.25, 0.3) is 11.3 Å². The summed E-state index contributed by atoms with van der Waals surface area (Å²) in [6, 6.07) is 16.4. The highest BCUT2D eigenvalue weighted by Gasteiger charge is 2.31. The molecule has 1 N–H and O–H groups in total. The molecule has 0 atom stereocenters. The van der Waals surface area contributed by atoms with Crippen molar-refractivity contribution in [3.8, 4) is 22.8 Å². The lowest BCUT2D eigenvalue weighted by Gasteiger charge is -2.19. The minimum atomic E-state index is -4.71. The molecule has 1 heterocycles. The summed E-state index contributed by atoms with van der Waals surface area (Å²) in [6.07, 6.45) is 2.02. The summed E-state index contributed by atoms with van der Waals surface area (Å²) in [7, 11) is 0. The lowest BCUT2D eigenvalue weighted by Crippen LogP contribution is -2.29. The number of ether oxygens (including phenoxy) is 3. The van der Waals surface area contributed by atoms with Crippen LogP contribution in [0.1, 0.15) is 68.8 Å². The molecule has 0 unspecified atom stereocenters. The molecular weight excluding hydrogens is 549 g/mol. The van der Waals surface area contributed by atoms with E-state index in [0.29, 0.717) is 29.2 Å². The number of nitrogens with one attached hydrogen (secondary N) is 1. The Morgan fingerprint density at radius 3 is 2.12 bits per heavy atom. The third-order valence-electron chi connectivity index (χ3n) is 5.99. The van der Waals surface area contributed by atoms with Crippen molar-refractivity contribution < 1.29 is 37.0 Å². The molecule has 0 aliphatic rings. The summed E-state index contributed by atoms with van der Waals surface area (Å²) < 4.78 is 51.9. The zero-order valence-corrected chi connectivity index (χ0v) is 24.1. The highest BCUT2D eigenvalue weighted by molar-refractivity contribution is 5.94. The average Bonchev–Trinajstić information content (AvgIpc) is 2.92. The predicted octanol–water partition coefficient (Wildman–Crippen LogP) is 7.29. The van der Waals surface area contributed by atoms with E-state index in [4.69, 9.17) is 9.47 Å². The Morgan fingerprint density at radius 2 is 1.50 bits per heavy atom. The van der Waals surface area contributed by atoms with E-state index >= 15 is 0 Å². The van der Waals surface area contributed by atoms with Crippen LogP contribution in [0.5, 0.6) is 11.5 Å². The maximum atomic E-state index is 12.3. The number of nitrogens with zero attached hydrogens (tertiary/aromatic N) is 1. The summed E-state index contributed by atoms with van der Waals surface area (Å²) >= 11 is 0. The van der Waals surface area contributed by atoms with Gasteiger partial charge in [0.15, 0.2) is 0 Å². The highest BCUT2D eigenvalue weighted by Crippen LogP contribution is 2.26. The molecule has 0 saturated heterocycles. The van der Waals surface area contributed by atoms with Crippen molar-refractivity contribution in [2.75, 3.05) is 13.2 Å². The number of benzene rings is 2. The zero-order valence-electron chi connectivity index (χ0n) is 24.1. The number of alkyl halides is 3. The van der Waals surface area contributed by atoms with Gasteiger partial charge < -0.3 is 19.5 Å². The minimum absolute atomic E-state index is 0.109. The number of rotatable bonds is 14. The van der Waals surface area contributed by atoms with Gasteiger partial charge in [0.25, 0.3) is 5.91 Å². The molecule has 42 heavy (non-hydrogen) atoms. The zero-order chi connectivity index (χ0) is 30.6. The number of hydrogen-bond acceptors (Lipinski definition) is 6. The number of unbranched alkanes of at least 4 members (excludes halogenated alkanes) is 3. The fourth-order valence-electron chi connectivity index (χ4n) is 4.02. The molecule has 10 heteroatoms. The molecule has 0 radical (unpaired) electrons. The molecule has 0 bridgehead atoms. The van der Waals surface area contributed by atoms with Crippen molar-refractivity contribution in [2.45, 2.75) is 71.3 Å². The monoisotopic (exact) mass is 586 g/mol. The van der Waals surface area contributed by atoms with Gasteiger partial charge in [0, 0.05) is 23.9 Å². The van der Waals surface area contributed by atoms with Crippen molar-refractivity contribution >= 4 is 11.9 Å². The lowest BCUT2D eigenvalue weighted by molar-refractivity contribution is -0.274. The van der Waals surface area contributed by atoms with Gasteiger partial charge in [-0.15, -0.1) is 13.2 Å². The van der Waals surface area contributed by atoms with E-state index in [9.17, 15) is 22.8 Å². The number of carbonyl (C=O) groups is 2. The number of carbonyl (C=O) groups excluding carboxylic acids is 2. The third kappa shape index (κ3) is 12.2. The molecule has 1 amide bonds. The van der Waals surface area contributed by atoms with Crippen molar-refractivity contribution in [3.63, 3.8) is 0 Å². The smallest absolute Gasteiger partial charge is 0.494 e. The Hall–Kier alpha value is -4.08. The van der Waals surface area contributed by atoms with Crippen LogP contribution in [-0.4, -0.2) is 42.0 Å². The van der Waals surface area contributed by atoms with Gasteiger partial charge in [-0.2, -0.15) is 0 Å². The average molecular weight is 587 g/mol. The first-order chi connectivity index (χ1) is 19.9. The lowest BCUT2D eigenvalue weighted by atomic mass is 10.1. The summed E-state index contributed by atoms with van der Waals surface area (Å²) in [6.45, 7) is 6.17. The van der Waals surface area contributed by atoms with Crippen molar-refractivity contribution in [3.05, 3.63) is 78.0 Å². The topological polar surface area (TPSA) is 86.8 Å². The minimum Gasteiger partial charge on any atom is -0.494 e. The molecule has 3 aromatic rings. The van der Waals surface area contributed by atoms with Gasteiger partial charge in [-0.3, -0.25) is 14.6 Å². The fraction of sp³-hybridized carbons (Fsp3) is 0.406. The van der Waals surface area contributed by atoms with E-state index in [1.807, 2.05) is 12.1 Å². The summed E-state index contributed by atoms with van der Waals surface area (Å²) in [4.78, 5) is 28.5. The van der Waals surface area contributed by atoms with Crippen LogP contribution in [0.4, 0.5) is 13.2 Å². The normalized spacial score (nSPS) is 11.6. The first kappa shape index (κ1) is 32.4. The Bertz CT molecular complexity index is 1270.